The van der Waals surface area contributed by atoms with Crippen molar-refractivity contribution in [2.45, 2.75) is 43.9 Å². The molecule has 6 nitrogen and oxygen atoms in total. The number of hydrogen-bond donors (Lipinski definition) is 1. The number of sulfonamides is 1. The third-order valence-electron chi connectivity index (χ3n) is 5.14. The van der Waals surface area contributed by atoms with Crippen molar-refractivity contribution in [1.82, 2.24) is 4.31 Å². The fourth-order valence-corrected chi connectivity index (χ4v) is 5.42. The van der Waals surface area contributed by atoms with Crippen molar-refractivity contribution in [3.8, 4) is 0 Å². The van der Waals surface area contributed by atoms with Crippen LogP contribution in [0.25, 0.3) is 0 Å². The van der Waals surface area contributed by atoms with Gasteiger partial charge in [-0.1, -0.05) is 6.07 Å². The van der Waals surface area contributed by atoms with Gasteiger partial charge < -0.3 is 9.73 Å². The fraction of sp³-hybridized carbons (Fsp3) is 0.421. The highest BCUT2D eigenvalue weighted by molar-refractivity contribution is 7.89. The summed E-state index contributed by atoms with van der Waals surface area (Å²) in [7, 11) is -3.60. The van der Waals surface area contributed by atoms with Crippen LogP contribution in [0.4, 0.5) is 5.69 Å². The van der Waals surface area contributed by atoms with Crippen LogP contribution < -0.4 is 5.32 Å². The predicted octanol–water partition coefficient (Wildman–Crippen LogP) is 3.11. The van der Waals surface area contributed by atoms with Gasteiger partial charge in [0.05, 0.1) is 0 Å². The molecule has 1 aliphatic carbocycles. The van der Waals surface area contributed by atoms with E-state index in [2.05, 4.69) is 5.32 Å². The molecule has 1 N–H and O–H groups in total. The summed E-state index contributed by atoms with van der Waals surface area (Å²) in [6, 6.07) is 7.23. The molecule has 1 amide bonds. The Bertz CT molecular complexity index is 956. The molecule has 0 bridgehead atoms. The largest absolute Gasteiger partial charge is 0.455 e. The third-order valence-corrected chi connectivity index (χ3v) is 7.14. The van der Waals surface area contributed by atoms with E-state index < -0.39 is 15.9 Å². The lowest BCUT2D eigenvalue weighted by atomic mass is 10.1. The fourth-order valence-electron chi connectivity index (χ4n) is 3.74. The second-order valence-corrected chi connectivity index (χ2v) is 8.84. The average Bonchev–Trinajstić information content (AvgIpc) is 3.34. The summed E-state index contributed by atoms with van der Waals surface area (Å²) >= 11 is 0. The van der Waals surface area contributed by atoms with Gasteiger partial charge in [-0.2, -0.15) is 4.31 Å². The molecule has 7 heteroatoms. The van der Waals surface area contributed by atoms with Crippen LogP contribution in [0.15, 0.2) is 33.6 Å². The Balaban J connectivity index is 1.56. The van der Waals surface area contributed by atoms with Crippen molar-refractivity contribution in [2.75, 3.05) is 18.4 Å². The number of rotatable bonds is 4. The highest BCUT2D eigenvalue weighted by atomic mass is 32.2. The van der Waals surface area contributed by atoms with Gasteiger partial charge in [0, 0.05) is 24.8 Å². The van der Waals surface area contributed by atoms with Crippen molar-refractivity contribution in [3.63, 3.8) is 0 Å². The standard InChI is InChI=1S/C19H22N2O4S/c1-13-18(26(23,24)21-9-2-3-10-21)12-17(25-13)19(22)20-16-8-7-14-5-4-6-15(14)11-16/h7-8,11-12H,2-6,9-10H2,1H3,(H,20,22). The molecule has 1 fully saturated rings. The van der Waals surface area contributed by atoms with Crippen LogP contribution in [-0.4, -0.2) is 31.7 Å². The second kappa shape index (κ2) is 6.55. The molecule has 2 aromatic rings. The van der Waals surface area contributed by atoms with Crippen LogP contribution in [0.1, 0.15) is 46.7 Å². The first-order chi connectivity index (χ1) is 12.4. The molecule has 1 aromatic carbocycles. The number of carbonyl (C=O) groups excluding carboxylic acids is 1. The van der Waals surface area contributed by atoms with Crippen molar-refractivity contribution < 1.29 is 17.6 Å². The Morgan fingerprint density at radius 2 is 1.81 bits per heavy atom. The number of amides is 1. The Labute approximate surface area is 153 Å². The number of nitrogens with one attached hydrogen (secondary N) is 1. The third kappa shape index (κ3) is 3.05. The summed E-state index contributed by atoms with van der Waals surface area (Å²) in [5.41, 5.74) is 3.29. The van der Waals surface area contributed by atoms with E-state index >= 15 is 0 Å². The van der Waals surface area contributed by atoms with Gasteiger partial charge in [-0.3, -0.25) is 4.79 Å². The number of anilines is 1. The summed E-state index contributed by atoms with van der Waals surface area (Å²) in [4.78, 5) is 12.6. The molecule has 4 rings (SSSR count). The first-order valence-electron chi connectivity index (χ1n) is 8.99. The van der Waals surface area contributed by atoms with E-state index in [0.717, 1.165) is 32.1 Å². The number of aryl methyl sites for hydroxylation is 3. The number of nitrogens with zero attached hydrogens (tertiary/aromatic N) is 1. The number of hydrogen-bond acceptors (Lipinski definition) is 4. The topological polar surface area (TPSA) is 79.6 Å². The molecular weight excluding hydrogens is 352 g/mol. The zero-order valence-corrected chi connectivity index (χ0v) is 15.6. The molecule has 0 radical (unpaired) electrons. The molecule has 26 heavy (non-hydrogen) atoms. The van der Waals surface area contributed by atoms with E-state index in [4.69, 9.17) is 4.42 Å². The molecule has 1 aliphatic heterocycles. The summed E-state index contributed by atoms with van der Waals surface area (Å²) in [5, 5.41) is 2.81. The van der Waals surface area contributed by atoms with Crippen LogP contribution in [-0.2, 0) is 22.9 Å². The quantitative estimate of drug-likeness (QED) is 0.892. The van der Waals surface area contributed by atoms with E-state index in [0.29, 0.717) is 18.8 Å². The SMILES string of the molecule is Cc1oc(C(=O)Nc2ccc3c(c2)CCC3)cc1S(=O)(=O)N1CCCC1. The predicted molar refractivity (Wildman–Crippen MR) is 97.9 cm³/mol. The highest BCUT2D eigenvalue weighted by Crippen LogP contribution is 2.28. The molecule has 0 atom stereocenters. The summed E-state index contributed by atoms with van der Waals surface area (Å²) in [5.74, 6) is -0.175. The molecule has 138 valence electrons. The van der Waals surface area contributed by atoms with E-state index in [1.54, 1.807) is 6.92 Å². The number of carbonyl (C=O) groups is 1. The Hall–Kier alpha value is -2.12. The zero-order chi connectivity index (χ0) is 18.3. The van der Waals surface area contributed by atoms with E-state index in [-0.39, 0.29) is 16.4 Å². The minimum absolute atomic E-state index is 0.0146. The highest BCUT2D eigenvalue weighted by Gasteiger charge is 2.31. The van der Waals surface area contributed by atoms with Gasteiger partial charge in [0.2, 0.25) is 10.0 Å². The van der Waals surface area contributed by atoms with Gasteiger partial charge in [-0.15, -0.1) is 0 Å². The molecular formula is C19H22N2O4S. The Kier molecular flexibility index (Phi) is 4.36. The molecule has 2 aliphatic rings. The minimum atomic E-state index is -3.60. The van der Waals surface area contributed by atoms with Crippen molar-refractivity contribution in [2.24, 2.45) is 0 Å². The number of fused-ring (bicyclic) bond motifs is 1. The maximum absolute atomic E-state index is 12.7. The zero-order valence-electron chi connectivity index (χ0n) is 14.7. The molecule has 1 saturated heterocycles. The van der Waals surface area contributed by atoms with Gasteiger partial charge in [0.15, 0.2) is 5.76 Å². The second-order valence-electron chi connectivity index (χ2n) is 6.93. The Morgan fingerprint density at radius 3 is 2.58 bits per heavy atom. The number of furan rings is 1. The van der Waals surface area contributed by atoms with E-state index in [1.165, 1.54) is 21.5 Å². The lowest BCUT2D eigenvalue weighted by Gasteiger charge is -2.14. The van der Waals surface area contributed by atoms with Gasteiger partial charge in [0.25, 0.3) is 5.91 Å². The number of benzene rings is 1. The van der Waals surface area contributed by atoms with E-state index in [9.17, 15) is 13.2 Å². The monoisotopic (exact) mass is 374 g/mol. The summed E-state index contributed by atoms with van der Waals surface area (Å²) < 4.78 is 32.3. The smallest absolute Gasteiger partial charge is 0.291 e. The molecule has 2 heterocycles. The van der Waals surface area contributed by atoms with Crippen LogP contribution in [0, 0.1) is 6.92 Å². The maximum Gasteiger partial charge on any atom is 0.291 e. The minimum Gasteiger partial charge on any atom is -0.455 e. The summed E-state index contributed by atoms with van der Waals surface area (Å²) in [6.45, 7) is 2.61. The van der Waals surface area contributed by atoms with Gasteiger partial charge in [-0.05, 0) is 62.3 Å². The molecule has 0 spiro atoms. The lowest BCUT2D eigenvalue weighted by Crippen LogP contribution is -2.28. The van der Waals surface area contributed by atoms with Crippen LogP contribution in [0.3, 0.4) is 0 Å². The van der Waals surface area contributed by atoms with Gasteiger partial charge in [0.1, 0.15) is 10.7 Å². The van der Waals surface area contributed by atoms with E-state index in [1.807, 2.05) is 18.2 Å². The maximum atomic E-state index is 12.7. The lowest BCUT2D eigenvalue weighted by molar-refractivity contribution is 0.0995. The van der Waals surface area contributed by atoms with Crippen molar-refractivity contribution >= 4 is 21.6 Å². The molecule has 0 saturated carbocycles. The van der Waals surface area contributed by atoms with Crippen molar-refractivity contribution in [3.05, 3.63) is 46.9 Å². The summed E-state index contributed by atoms with van der Waals surface area (Å²) in [6.07, 6.45) is 4.97. The van der Waals surface area contributed by atoms with Gasteiger partial charge >= 0.3 is 0 Å². The van der Waals surface area contributed by atoms with Crippen LogP contribution >= 0.6 is 0 Å². The Morgan fingerprint density at radius 1 is 1.08 bits per heavy atom. The average molecular weight is 374 g/mol. The molecule has 1 aromatic heterocycles. The van der Waals surface area contributed by atoms with Gasteiger partial charge in [-0.25, -0.2) is 8.42 Å². The first kappa shape index (κ1) is 17.3. The normalized spacial score (nSPS) is 17.4. The van der Waals surface area contributed by atoms with Crippen LogP contribution in [0.5, 0.6) is 0 Å². The van der Waals surface area contributed by atoms with Crippen LogP contribution in [0.2, 0.25) is 0 Å². The van der Waals surface area contributed by atoms with Crippen molar-refractivity contribution in [1.29, 1.82) is 0 Å². The molecule has 0 unspecified atom stereocenters. The first-order valence-corrected chi connectivity index (χ1v) is 10.4.